The van der Waals surface area contributed by atoms with Gasteiger partial charge in [-0.2, -0.15) is 0 Å². The van der Waals surface area contributed by atoms with Crippen molar-refractivity contribution in [1.82, 2.24) is 29.9 Å². The second-order valence-corrected chi connectivity index (χ2v) is 11.2. The Balaban J connectivity index is 1.52. The molecule has 1 aliphatic rings. The number of aromatic nitrogens is 6. The highest BCUT2D eigenvalue weighted by Crippen LogP contribution is 2.39. The van der Waals surface area contributed by atoms with Gasteiger partial charge in [0.05, 0.1) is 22.4 Å². The van der Waals surface area contributed by atoms with Gasteiger partial charge >= 0.3 is 0 Å². The van der Waals surface area contributed by atoms with Crippen LogP contribution in [0.4, 0.5) is 0 Å². The summed E-state index contributed by atoms with van der Waals surface area (Å²) in [7, 11) is 0. The third-order valence-electron chi connectivity index (χ3n) is 7.22. The molecule has 0 radical (unpaired) electrons. The second kappa shape index (κ2) is 8.21. The number of hydrogen-bond donors (Lipinski definition) is 0. The van der Waals surface area contributed by atoms with Crippen molar-refractivity contribution in [3.63, 3.8) is 0 Å². The molecule has 0 saturated heterocycles. The molecule has 0 fully saturated rings. The summed E-state index contributed by atoms with van der Waals surface area (Å²) in [6, 6.07) is 12.6. The van der Waals surface area contributed by atoms with Gasteiger partial charge in [-0.25, -0.2) is 24.9 Å². The average Bonchev–Trinajstić information content (AvgIpc) is 3.14. The fraction of sp³-hybridized carbons (Fsp3) is 0.200. The lowest BCUT2D eigenvalue weighted by Crippen LogP contribution is -2.10. The first-order valence-electron chi connectivity index (χ1n) is 12.4. The number of hydrogen-bond acceptors (Lipinski definition) is 7. The lowest BCUT2D eigenvalue weighted by Gasteiger charge is -2.19. The highest BCUT2D eigenvalue weighted by Gasteiger charge is 2.25. The van der Waals surface area contributed by atoms with E-state index in [0.717, 1.165) is 68.6 Å². The van der Waals surface area contributed by atoms with Crippen LogP contribution in [0.15, 0.2) is 48.8 Å². The third kappa shape index (κ3) is 3.61. The topological polar surface area (TPSA) is 77.3 Å². The lowest BCUT2D eigenvalue weighted by molar-refractivity contribution is 0.963. The smallest absolute Gasteiger partial charge is 0.197 e. The first-order chi connectivity index (χ1) is 17.9. The molecule has 37 heavy (non-hydrogen) atoms. The molecule has 0 bridgehead atoms. The number of fused-ring (bicyclic) bond motifs is 7. The van der Waals surface area contributed by atoms with Crippen molar-refractivity contribution in [3.8, 4) is 22.8 Å². The number of nitrogens with zero attached hydrogens (tertiary/aromatic N) is 6. The number of aryl methyl sites for hydroxylation is 4. The van der Waals surface area contributed by atoms with Gasteiger partial charge in [-0.05, 0) is 57.0 Å². The molecule has 0 aliphatic heterocycles. The summed E-state index contributed by atoms with van der Waals surface area (Å²) >= 11 is 1.86. The van der Waals surface area contributed by atoms with Gasteiger partial charge in [0.1, 0.15) is 0 Å². The monoisotopic (exact) mass is 500 g/mol. The van der Waals surface area contributed by atoms with E-state index in [4.69, 9.17) is 19.9 Å². The Morgan fingerprint density at radius 1 is 0.622 bits per heavy atom. The van der Waals surface area contributed by atoms with E-state index in [0.29, 0.717) is 11.6 Å². The van der Waals surface area contributed by atoms with Crippen LogP contribution in [-0.2, 0) is 12.8 Å². The minimum atomic E-state index is 0.549. The standard InChI is InChI=1S/C30H24N6S/c1-15-5-6-19-7-8-20-11-23-24-14-32-30(29-31-10-9-16(2)34-29)36-26(24)13-22-18(4)37-17(3)21(22)12-25(23)35-28(20)27(19)33-15/h5-11,14H,12-13H2,1-4H3. The highest BCUT2D eigenvalue weighted by molar-refractivity contribution is 7.12. The van der Waals surface area contributed by atoms with Crippen LogP contribution in [0.25, 0.3) is 44.6 Å². The SMILES string of the molecule is Cc1ccnc(-c2ncc3c(n2)Cc2c(C)sc(C)c2Cc2nc4c(ccc5ccc(C)nc54)cc2-3)n1. The van der Waals surface area contributed by atoms with Gasteiger partial charge in [-0.1, -0.05) is 18.2 Å². The molecule has 180 valence electrons. The fourth-order valence-corrected chi connectivity index (χ4v) is 6.44. The van der Waals surface area contributed by atoms with Gasteiger partial charge in [0, 0.05) is 68.3 Å². The van der Waals surface area contributed by atoms with E-state index in [1.807, 2.05) is 37.4 Å². The largest absolute Gasteiger partial charge is 0.251 e. The van der Waals surface area contributed by atoms with E-state index in [9.17, 15) is 0 Å². The molecular weight excluding hydrogens is 476 g/mol. The van der Waals surface area contributed by atoms with Gasteiger partial charge in [-0.3, -0.25) is 4.98 Å². The molecule has 0 unspecified atom stereocenters. The van der Waals surface area contributed by atoms with Crippen molar-refractivity contribution in [2.45, 2.75) is 40.5 Å². The van der Waals surface area contributed by atoms with Crippen LogP contribution in [0, 0.1) is 27.7 Å². The van der Waals surface area contributed by atoms with Gasteiger partial charge in [0.25, 0.3) is 0 Å². The third-order valence-corrected chi connectivity index (χ3v) is 8.33. The fourth-order valence-electron chi connectivity index (χ4n) is 5.34. The molecule has 6 nitrogen and oxygen atoms in total. The van der Waals surface area contributed by atoms with Crippen LogP contribution < -0.4 is 0 Å². The maximum atomic E-state index is 5.29. The zero-order chi connectivity index (χ0) is 25.3. The van der Waals surface area contributed by atoms with Crippen LogP contribution in [0.5, 0.6) is 0 Å². The van der Waals surface area contributed by atoms with Crippen LogP contribution >= 0.6 is 11.3 Å². The molecule has 6 aromatic rings. The van der Waals surface area contributed by atoms with Crippen molar-refractivity contribution in [1.29, 1.82) is 0 Å². The lowest BCUT2D eigenvalue weighted by atomic mass is 9.89. The van der Waals surface area contributed by atoms with Gasteiger partial charge in [0.2, 0.25) is 0 Å². The van der Waals surface area contributed by atoms with E-state index in [-0.39, 0.29) is 0 Å². The maximum absolute atomic E-state index is 5.29. The number of benzene rings is 1. The summed E-state index contributed by atoms with van der Waals surface area (Å²) in [6.45, 7) is 8.40. The molecule has 1 aromatic carbocycles. The maximum Gasteiger partial charge on any atom is 0.197 e. The molecule has 7 heteroatoms. The van der Waals surface area contributed by atoms with E-state index in [1.165, 1.54) is 20.9 Å². The summed E-state index contributed by atoms with van der Waals surface area (Å²) in [4.78, 5) is 31.6. The number of pyridine rings is 2. The Morgan fingerprint density at radius 2 is 1.27 bits per heavy atom. The molecule has 0 amide bonds. The Kier molecular flexibility index (Phi) is 4.91. The zero-order valence-corrected chi connectivity index (χ0v) is 21.9. The Bertz CT molecular complexity index is 1890. The molecule has 7 rings (SSSR count). The van der Waals surface area contributed by atoms with Crippen molar-refractivity contribution in [3.05, 3.63) is 92.4 Å². The zero-order valence-electron chi connectivity index (χ0n) is 21.1. The molecule has 5 aromatic heterocycles. The molecule has 1 aliphatic carbocycles. The summed E-state index contributed by atoms with van der Waals surface area (Å²) in [5.74, 6) is 1.10. The molecule has 5 heterocycles. The van der Waals surface area contributed by atoms with Crippen LogP contribution in [-0.4, -0.2) is 29.9 Å². The first-order valence-corrected chi connectivity index (χ1v) is 13.2. The average molecular weight is 501 g/mol. The molecular formula is C30H24N6S. The van der Waals surface area contributed by atoms with E-state index in [1.54, 1.807) is 6.20 Å². The van der Waals surface area contributed by atoms with Gasteiger partial charge in [-0.15, -0.1) is 11.3 Å². The first kappa shape index (κ1) is 22.1. The van der Waals surface area contributed by atoms with Crippen molar-refractivity contribution in [2.24, 2.45) is 0 Å². The van der Waals surface area contributed by atoms with Crippen molar-refractivity contribution >= 4 is 33.1 Å². The van der Waals surface area contributed by atoms with Crippen LogP contribution in [0.1, 0.15) is 43.7 Å². The Morgan fingerprint density at radius 3 is 2.05 bits per heavy atom. The number of rotatable bonds is 1. The van der Waals surface area contributed by atoms with Gasteiger partial charge in [0.15, 0.2) is 11.6 Å². The van der Waals surface area contributed by atoms with Crippen molar-refractivity contribution < 1.29 is 0 Å². The second-order valence-electron chi connectivity index (χ2n) is 9.74. The summed E-state index contributed by atoms with van der Waals surface area (Å²) in [5, 5.41) is 2.17. The normalized spacial score (nSPS) is 12.6. The van der Waals surface area contributed by atoms with E-state index < -0.39 is 0 Å². The van der Waals surface area contributed by atoms with Gasteiger partial charge < -0.3 is 0 Å². The summed E-state index contributed by atoms with van der Waals surface area (Å²) in [6.07, 6.45) is 5.21. The molecule has 0 spiro atoms. The predicted molar refractivity (Wildman–Crippen MR) is 148 cm³/mol. The van der Waals surface area contributed by atoms with E-state index in [2.05, 4.69) is 54.1 Å². The van der Waals surface area contributed by atoms with E-state index >= 15 is 0 Å². The quantitative estimate of drug-likeness (QED) is 0.240. The molecule has 0 saturated carbocycles. The highest BCUT2D eigenvalue weighted by atomic mass is 32.1. The summed E-state index contributed by atoms with van der Waals surface area (Å²) < 4.78 is 0. The minimum Gasteiger partial charge on any atom is -0.251 e. The number of thiophene rings is 1. The van der Waals surface area contributed by atoms with Crippen LogP contribution in [0.3, 0.4) is 0 Å². The Labute approximate surface area is 218 Å². The minimum absolute atomic E-state index is 0.549. The predicted octanol–water partition coefficient (Wildman–Crippen LogP) is 6.49. The Hall–Kier alpha value is -4.10. The van der Waals surface area contributed by atoms with Crippen LogP contribution in [0.2, 0.25) is 0 Å². The van der Waals surface area contributed by atoms with Crippen molar-refractivity contribution in [2.75, 3.05) is 0 Å². The molecule has 0 N–H and O–H groups in total. The molecule has 0 atom stereocenters. The summed E-state index contributed by atoms with van der Waals surface area (Å²) in [5.41, 5.74) is 10.6.